The summed E-state index contributed by atoms with van der Waals surface area (Å²) in [5.74, 6) is -2.75. The molecule has 0 fully saturated rings. The number of hydrogen-bond acceptors (Lipinski definition) is 5. The van der Waals surface area contributed by atoms with Crippen LogP contribution in [0.1, 0.15) is 12.8 Å². The van der Waals surface area contributed by atoms with Gasteiger partial charge in [-0.05, 0) is 12.8 Å². The monoisotopic (exact) mass is 260 g/mol. The van der Waals surface area contributed by atoms with Gasteiger partial charge < -0.3 is 25.5 Å². The third-order valence-electron chi connectivity index (χ3n) is 0.962. The van der Waals surface area contributed by atoms with Gasteiger partial charge in [0.15, 0.2) is 0 Å². The Morgan fingerprint density at radius 2 is 1.33 bits per heavy atom. The molecule has 0 saturated carbocycles. The summed E-state index contributed by atoms with van der Waals surface area (Å²) in [6, 6.07) is -1.21. The maximum atomic E-state index is 9.86. The number of carboxylic acids is 2. The van der Waals surface area contributed by atoms with Gasteiger partial charge >= 0.3 is 148 Å². The predicted octanol–water partition coefficient (Wildman–Crippen LogP) is -18.4. The van der Waals surface area contributed by atoms with Crippen LogP contribution in [0.4, 0.5) is 0 Å². The average molecular weight is 260 g/mol. The summed E-state index contributed by atoms with van der Waals surface area (Å²) < 4.78 is 0. The number of carboxylic acid groups (broad SMARTS) is 2. The van der Waals surface area contributed by atoms with Gasteiger partial charge in [0.1, 0.15) is 0 Å². The fraction of sp³-hybridized carbons (Fsp3) is 0.600. The molecule has 58 valence electrons. The van der Waals surface area contributed by atoms with Gasteiger partial charge in [0.05, 0.1) is 5.97 Å². The van der Waals surface area contributed by atoms with Crippen LogP contribution in [-0.4, -0.2) is 18.0 Å². The first kappa shape index (κ1) is 36.4. The molecule has 0 saturated heterocycles. The molecule has 0 aliphatic heterocycles. The van der Waals surface area contributed by atoms with E-state index in [4.69, 9.17) is 5.73 Å². The predicted molar refractivity (Wildman–Crippen MR) is 27.2 cm³/mol. The number of rotatable bonds is 4. The van der Waals surface area contributed by atoms with Crippen molar-refractivity contribution in [3.63, 3.8) is 0 Å². The van der Waals surface area contributed by atoms with Crippen LogP contribution in [-0.2, 0) is 9.59 Å². The molecule has 0 aromatic heterocycles. The van der Waals surface area contributed by atoms with E-state index in [-0.39, 0.29) is 161 Å². The van der Waals surface area contributed by atoms with Gasteiger partial charge in [-0.15, -0.1) is 0 Å². The van der Waals surface area contributed by atoms with E-state index in [1.165, 1.54) is 0 Å². The Labute approximate surface area is 200 Å². The van der Waals surface area contributed by atoms with E-state index >= 15 is 0 Å². The molecule has 15 heavy (non-hydrogen) atoms. The number of aliphatic carboxylic acids is 2. The van der Waals surface area contributed by atoms with Crippen molar-refractivity contribution < 1.29 is 168 Å². The summed E-state index contributed by atoms with van der Waals surface area (Å²) in [7, 11) is 0. The molecular weight excluding hydrogens is 253 g/mol. The van der Waals surface area contributed by atoms with Gasteiger partial charge in [-0.25, -0.2) is 0 Å². The molecule has 1 atom stereocenters. The standard InChI is InChI=1S/C5H9NO4.5Na/c6-3(5(9)10)1-2-4(7)8;;;;;/h3H,1-2,6H2,(H,7,8)(H,9,10);;;;;/q;5*+1/p-2/t3-;;;;;/m0...../s1. The Balaban J connectivity index is -0.0000000405. The number of nitrogens with two attached hydrogens (primary N) is 1. The zero-order valence-electron chi connectivity index (χ0n) is 10.2. The number of carbonyl (C=O) groups is 2. The molecule has 0 aliphatic rings. The molecule has 0 radical (unpaired) electrons. The maximum Gasteiger partial charge on any atom is 1.00 e. The fourth-order valence-corrected chi connectivity index (χ4v) is 0.391. The minimum Gasteiger partial charge on any atom is -0.550 e. The first-order chi connectivity index (χ1) is 4.54. The molecule has 0 heterocycles. The normalized spacial score (nSPS) is 8.33. The SMILES string of the molecule is N[C@@H](CCC(=O)[O-])C(=O)[O-].[Na+].[Na+].[Na+].[Na+].[Na+]. The molecule has 0 aliphatic carbocycles. The van der Waals surface area contributed by atoms with E-state index < -0.39 is 18.0 Å². The molecule has 2 N–H and O–H groups in total. The summed E-state index contributed by atoms with van der Waals surface area (Å²) >= 11 is 0. The Kier molecular flexibility index (Phi) is 55.9. The molecule has 0 aromatic rings. The van der Waals surface area contributed by atoms with Crippen LogP contribution in [0.15, 0.2) is 0 Å². The molecular formula is C5H7NNa5O4+3. The second kappa shape index (κ2) is 23.0. The van der Waals surface area contributed by atoms with Crippen molar-refractivity contribution in [2.24, 2.45) is 5.73 Å². The second-order valence-electron chi connectivity index (χ2n) is 1.84. The smallest absolute Gasteiger partial charge is 0.550 e. The Bertz CT molecular complexity index is 158. The molecule has 0 rings (SSSR count). The van der Waals surface area contributed by atoms with Crippen LogP contribution in [0, 0.1) is 0 Å². The third-order valence-corrected chi connectivity index (χ3v) is 0.962. The summed E-state index contributed by atoms with van der Waals surface area (Å²) in [5, 5.41) is 19.6. The van der Waals surface area contributed by atoms with E-state index in [0.717, 1.165) is 0 Å². The van der Waals surface area contributed by atoms with Gasteiger partial charge in [-0.3, -0.25) is 0 Å². The minimum atomic E-state index is -1.44. The number of hydrogen-bond donors (Lipinski definition) is 1. The second-order valence-corrected chi connectivity index (χ2v) is 1.84. The maximum absolute atomic E-state index is 9.86. The molecule has 0 aromatic carbocycles. The van der Waals surface area contributed by atoms with Crippen LogP contribution in [0.5, 0.6) is 0 Å². The van der Waals surface area contributed by atoms with Gasteiger partial charge in [0.25, 0.3) is 0 Å². The van der Waals surface area contributed by atoms with E-state index in [2.05, 4.69) is 0 Å². The van der Waals surface area contributed by atoms with Crippen molar-refractivity contribution in [3.8, 4) is 0 Å². The van der Waals surface area contributed by atoms with Crippen molar-refractivity contribution in [2.75, 3.05) is 0 Å². The van der Waals surface area contributed by atoms with E-state index in [0.29, 0.717) is 0 Å². The minimum absolute atomic E-state index is 0. The molecule has 0 unspecified atom stereocenters. The summed E-state index contributed by atoms with van der Waals surface area (Å²) in [5.41, 5.74) is 4.91. The average Bonchev–Trinajstić information content (AvgIpc) is 1.82. The molecule has 5 nitrogen and oxygen atoms in total. The summed E-state index contributed by atoms with van der Waals surface area (Å²) in [6.07, 6.45) is -0.500. The quantitative estimate of drug-likeness (QED) is 0.505. The van der Waals surface area contributed by atoms with E-state index in [1.807, 2.05) is 0 Å². The Morgan fingerprint density at radius 1 is 1.00 bits per heavy atom. The van der Waals surface area contributed by atoms with Gasteiger partial charge in [0, 0.05) is 12.0 Å². The van der Waals surface area contributed by atoms with Crippen molar-refractivity contribution in [1.29, 1.82) is 0 Å². The van der Waals surface area contributed by atoms with E-state index in [1.54, 1.807) is 0 Å². The van der Waals surface area contributed by atoms with Crippen molar-refractivity contribution in [3.05, 3.63) is 0 Å². The van der Waals surface area contributed by atoms with Crippen molar-refractivity contribution >= 4 is 11.9 Å². The molecule has 10 heteroatoms. The van der Waals surface area contributed by atoms with Gasteiger partial charge in [-0.2, -0.15) is 0 Å². The first-order valence-corrected chi connectivity index (χ1v) is 2.70. The zero-order chi connectivity index (χ0) is 8.15. The molecule has 0 bridgehead atoms. The van der Waals surface area contributed by atoms with Crippen LogP contribution >= 0.6 is 0 Å². The van der Waals surface area contributed by atoms with Crippen LogP contribution in [0.25, 0.3) is 0 Å². The first-order valence-electron chi connectivity index (χ1n) is 2.70. The number of carbonyl (C=O) groups excluding carboxylic acids is 2. The third kappa shape index (κ3) is 27.2. The van der Waals surface area contributed by atoms with Gasteiger partial charge in [-0.1, -0.05) is 0 Å². The van der Waals surface area contributed by atoms with Crippen molar-refractivity contribution in [2.45, 2.75) is 18.9 Å². The topological polar surface area (TPSA) is 106 Å². The Hall–Kier alpha value is 3.90. The van der Waals surface area contributed by atoms with Crippen LogP contribution < -0.4 is 164 Å². The van der Waals surface area contributed by atoms with Gasteiger partial charge in [0.2, 0.25) is 0 Å². The summed E-state index contributed by atoms with van der Waals surface area (Å²) in [4.78, 5) is 19.6. The van der Waals surface area contributed by atoms with Crippen molar-refractivity contribution in [1.82, 2.24) is 0 Å². The van der Waals surface area contributed by atoms with Crippen LogP contribution in [0.3, 0.4) is 0 Å². The molecule has 0 spiro atoms. The van der Waals surface area contributed by atoms with E-state index in [9.17, 15) is 19.8 Å². The van der Waals surface area contributed by atoms with Crippen LogP contribution in [0.2, 0.25) is 0 Å². The fourth-order valence-electron chi connectivity index (χ4n) is 0.391. The summed E-state index contributed by atoms with van der Waals surface area (Å²) in [6.45, 7) is 0. The zero-order valence-corrected chi connectivity index (χ0v) is 20.2. The molecule has 0 amide bonds. The largest absolute Gasteiger partial charge is 1.00 e. The Morgan fingerprint density at radius 3 is 1.53 bits per heavy atom.